The van der Waals surface area contributed by atoms with E-state index < -0.39 is 4.92 Å². The zero-order valence-corrected chi connectivity index (χ0v) is 14.5. The molecule has 7 heteroatoms. The van der Waals surface area contributed by atoms with Crippen LogP contribution in [0.3, 0.4) is 0 Å². The second-order valence-corrected chi connectivity index (χ2v) is 6.19. The number of anilines is 1. The summed E-state index contributed by atoms with van der Waals surface area (Å²) in [7, 11) is 0. The highest BCUT2D eigenvalue weighted by Gasteiger charge is 2.21. The van der Waals surface area contributed by atoms with E-state index in [0.29, 0.717) is 26.2 Å². The molecule has 0 unspecified atom stereocenters. The van der Waals surface area contributed by atoms with Crippen molar-refractivity contribution in [1.29, 1.82) is 0 Å². The van der Waals surface area contributed by atoms with Crippen LogP contribution in [-0.2, 0) is 4.79 Å². The molecule has 7 nitrogen and oxygen atoms in total. The topological polar surface area (TPSA) is 79.6 Å². The zero-order chi connectivity index (χ0) is 18.5. The maximum atomic E-state index is 12.3. The number of nitro groups is 1. The molecule has 0 aliphatic carbocycles. The molecule has 1 fully saturated rings. The molecular weight excluding hydrogens is 332 g/mol. The molecule has 0 bridgehead atoms. The van der Waals surface area contributed by atoms with Crippen LogP contribution in [0.1, 0.15) is 11.1 Å². The van der Waals surface area contributed by atoms with E-state index in [9.17, 15) is 14.9 Å². The third-order valence-corrected chi connectivity index (χ3v) is 4.37. The first kappa shape index (κ1) is 17.6. The molecule has 2 heterocycles. The Morgan fingerprint density at radius 3 is 2.38 bits per heavy atom. The molecule has 1 amide bonds. The van der Waals surface area contributed by atoms with Crippen LogP contribution in [0.4, 0.5) is 11.5 Å². The van der Waals surface area contributed by atoms with E-state index in [4.69, 9.17) is 0 Å². The molecule has 26 heavy (non-hydrogen) atoms. The minimum absolute atomic E-state index is 0.00736. The van der Waals surface area contributed by atoms with Crippen LogP contribution in [0.25, 0.3) is 6.08 Å². The molecule has 1 aromatic carbocycles. The first-order valence-corrected chi connectivity index (χ1v) is 8.42. The summed E-state index contributed by atoms with van der Waals surface area (Å²) in [6, 6.07) is 11.1. The van der Waals surface area contributed by atoms with Gasteiger partial charge >= 0.3 is 5.82 Å². The van der Waals surface area contributed by atoms with Gasteiger partial charge in [-0.1, -0.05) is 29.8 Å². The summed E-state index contributed by atoms with van der Waals surface area (Å²) >= 11 is 0. The molecule has 1 aromatic heterocycles. The van der Waals surface area contributed by atoms with Crippen LogP contribution in [0.5, 0.6) is 0 Å². The maximum Gasteiger partial charge on any atom is 0.363 e. The lowest BCUT2D eigenvalue weighted by Gasteiger charge is -2.35. The number of carbonyl (C=O) groups excluding carboxylic acids is 1. The third kappa shape index (κ3) is 4.24. The SMILES string of the molecule is Cc1ccc(/C=C/C(=O)N2CCN(c3ccc([N+](=O)[O-])nc3)CC2)cc1. The zero-order valence-electron chi connectivity index (χ0n) is 14.5. The molecule has 2 aromatic rings. The quantitative estimate of drug-likeness (QED) is 0.480. The van der Waals surface area contributed by atoms with Crippen molar-refractivity contribution >= 4 is 23.5 Å². The fraction of sp³-hybridized carbons (Fsp3) is 0.263. The Labute approximate surface area is 151 Å². The fourth-order valence-corrected chi connectivity index (χ4v) is 2.81. The van der Waals surface area contributed by atoms with E-state index in [1.165, 1.54) is 17.8 Å². The summed E-state index contributed by atoms with van der Waals surface area (Å²) < 4.78 is 0. The van der Waals surface area contributed by atoms with Crippen LogP contribution < -0.4 is 4.90 Å². The van der Waals surface area contributed by atoms with E-state index >= 15 is 0 Å². The molecule has 0 saturated carbocycles. The van der Waals surface area contributed by atoms with Gasteiger partial charge in [-0.25, -0.2) is 0 Å². The molecule has 3 rings (SSSR count). The molecule has 0 spiro atoms. The number of hydrogen-bond donors (Lipinski definition) is 0. The molecular formula is C19H20N4O3. The van der Waals surface area contributed by atoms with Crippen molar-refractivity contribution in [1.82, 2.24) is 9.88 Å². The number of hydrogen-bond acceptors (Lipinski definition) is 5. The third-order valence-electron chi connectivity index (χ3n) is 4.37. The first-order valence-electron chi connectivity index (χ1n) is 8.42. The number of piperazine rings is 1. The standard InChI is InChI=1S/C19H20N4O3/c1-15-2-4-16(5-3-15)6-9-19(24)22-12-10-21(11-13-22)17-7-8-18(20-14-17)23(25)26/h2-9,14H,10-13H2,1H3/b9-6+. The average Bonchev–Trinajstić information content (AvgIpc) is 2.67. The van der Waals surface area contributed by atoms with E-state index in [-0.39, 0.29) is 11.7 Å². The Kier molecular flexibility index (Phi) is 5.26. The Bertz CT molecular complexity index is 808. The van der Waals surface area contributed by atoms with Crippen LogP contribution in [0.15, 0.2) is 48.7 Å². The molecule has 0 atom stereocenters. The Balaban J connectivity index is 1.55. The molecule has 134 valence electrons. The number of aryl methyl sites for hydroxylation is 1. The van der Waals surface area contributed by atoms with Crippen molar-refractivity contribution in [2.75, 3.05) is 31.1 Å². The van der Waals surface area contributed by atoms with Crippen molar-refractivity contribution in [2.45, 2.75) is 6.92 Å². The summed E-state index contributed by atoms with van der Waals surface area (Å²) in [5, 5.41) is 10.7. The van der Waals surface area contributed by atoms with E-state index in [2.05, 4.69) is 9.88 Å². The Hall–Kier alpha value is -3.22. The molecule has 1 saturated heterocycles. The number of aromatic nitrogens is 1. The Morgan fingerprint density at radius 2 is 1.81 bits per heavy atom. The van der Waals surface area contributed by atoms with Gasteiger partial charge in [-0.05, 0) is 34.5 Å². The van der Waals surface area contributed by atoms with Gasteiger partial charge in [-0.15, -0.1) is 0 Å². The molecule has 0 radical (unpaired) electrons. The normalized spacial score (nSPS) is 14.7. The van der Waals surface area contributed by atoms with Gasteiger partial charge in [-0.3, -0.25) is 4.79 Å². The van der Waals surface area contributed by atoms with Crippen LogP contribution in [0, 0.1) is 17.0 Å². The number of rotatable bonds is 4. The highest BCUT2D eigenvalue weighted by Crippen LogP contribution is 2.18. The van der Waals surface area contributed by atoms with Gasteiger partial charge in [-0.2, -0.15) is 0 Å². The minimum Gasteiger partial charge on any atom is -0.365 e. The highest BCUT2D eigenvalue weighted by atomic mass is 16.6. The average molecular weight is 352 g/mol. The number of pyridine rings is 1. The number of carbonyl (C=O) groups is 1. The number of nitrogens with zero attached hydrogens (tertiary/aromatic N) is 4. The van der Waals surface area contributed by atoms with Gasteiger partial charge in [0.1, 0.15) is 0 Å². The molecule has 1 aliphatic heterocycles. The predicted molar refractivity (Wildman–Crippen MR) is 99.9 cm³/mol. The first-order chi connectivity index (χ1) is 12.5. The van der Waals surface area contributed by atoms with Crippen LogP contribution in [-0.4, -0.2) is 46.9 Å². The fourth-order valence-electron chi connectivity index (χ4n) is 2.81. The van der Waals surface area contributed by atoms with Gasteiger partial charge in [0.25, 0.3) is 0 Å². The monoisotopic (exact) mass is 352 g/mol. The second-order valence-electron chi connectivity index (χ2n) is 6.19. The molecule has 1 aliphatic rings. The highest BCUT2D eigenvalue weighted by molar-refractivity contribution is 5.92. The van der Waals surface area contributed by atoms with Crippen molar-refractivity contribution in [3.63, 3.8) is 0 Å². The van der Waals surface area contributed by atoms with Crippen molar-refractivity contribution in [2.24, 2.45) is 0 Å². The summed E-state index contributed by atoms with van der Waals surface area (Å²) in [6.07, 6.45) is 4.94. The molecule has 0 N–H and O–H groups in total. The summed E-state index contributed by atoms with van der Waals surface area (Å²) in [5.41, 5.74) is 3.02. The van der Waals surface area contributed by atoms with Crippen molar-refractivity contribution < 1.29 is 9.72 Å². The predicted octanol–water partition coefficient (Wildman–Crippen LogP) is 2.66. The van der Waals surface area contributed by atoms with E-state index in [0.717, 1.165) is 11.3 Å². The van der Waals surface area contributed by atoms with Crippen molar-refractivity contribution in [3.05, 3.63) is 69.9 Å². The number of benzene rings is 1. The second kappa shape index (κ2) is 7.77. The van der Waals surface area contributed by atoms with Gasteiger partial charge in [0.2, 0.25) is 5.91 Å². The number of amides is 1. The van der Waals surface area contributed by atoms with Gasteiger partial charge in [0.15, 0.2) is 6.20 Å². The minimum atomic E-state index is -0.513. The summed E-state index contributed by atoms with van der Waals surface area (Å²) in [6.45, 7) is 4.58. The van der Waals surface area contributed by atoms with Gasteiger partial charge < -0.3 is 19.9 Å². The van der Waals surface area contributed by atoms with Gasteiger partial charge in [0.05, 0.1) is 5.69 Å². The lowest BCUT2D eigenvalue weighted by atomic mass is 10.1. The largest absolute Gasteiger partial charge is 0.365 e. The van der Waals surface area contributed by atoms with E-state index in [1.807, 2.05) is 37.3 Å². The van der Waals surface area contributed by atoms with Gasteiger partial charge in [0, 0.05) is 38.3 Å². The lowest BCUT2D eigenvalue weighted by molar-refractivity contribution is -0.389. The Morgan fingerprint density at radius 1 is 1.12 bits per heavy atom. The van der Waals surface area contributed by atoms with Crippen LogP contribution >= 0.6 is 0 Å². The summed E-state index contributed by atoms with van der Waals surface area (Å²) in [5.74, 6) is -0.171. The van der Waals surface area contributed by atoms with Crippen LogP contribution in [0.2, 0.25) is 0 Å². The van der Waals surface area contributed by atoms with E-state index in [1.54, 1.807) is 17.0 Å². The summed E-state index contributed by atoms with van der Waals surface area (Å²) in [4.78, 5) is 30.2. The smallest absolute Gasteiger partial charge is 0.363 e. The lowest BCUT2D eigenvalue weighted by Crippen LogP contribution is -2.48. The van der Waals surface area contributed by atoms with Crippen molar-refractivity contribution in [3.8, 4) is 0 Å². The maximum absolute atomic E-state index is 12.3.